The van der Waals surface area contributed by atoms with Crippen LogP contribution in [0.3, 0.4) is 0 Å². The van der Waals surface area contributed by atoms with Crippen LogP contribution in [0.5, 0.6) is 0 Å². The maximum Gasteiger partial charge on any atom is 0.257 e. The Labute approximate surface area is 203 Å². The Morgan fingerprint density at radius 2 is 2.00 bits per heavy atom. The standard InChI is InChI=1S/C25H22F3N3O3S/c1-14-9-21(34-31-14)20-11-18-22(12-26)35-24(29-23(32)15-5-3-2-4-6-15)30-25(18,13-33-20)17-8-7-16(27)10-19(17)28/h2-10,18,20,22H,11-13H2,1H3,(H,29,30,32)/t18-,20+,22+,25+/m0/s1. The molecule has 6 nitrogen and oxygen atoms in total. The number of aliphatic imine (C=N–C) groups is 1. The number of carbonyl (C=O) groups is 1. The third-order valence-corrected chi connectivity index (χ3v) is 7.54. The van der Waals surface area contributed by atoms with Crippen LogP contribution >= 0.6 is 11.8 Å². The molecule has 3 heterocycles. The van der Waals surface area contributed by atoms with E-state index in [0.29, 0.717) is 17.0 Å². The lowest BCUT2D eigenvalue weighted by atomic mass is 9.72. The van der Waals surface area contributed by atoms with Gasteiger partial charge in [0.05, 0.1) is 12.3 Å². The van der Waals surface area contributed by atoms with Gasteiger partial charge in [0, 0.05) is 34.4 Å². The maximum absolute atomic E-state index is 15.1. The number of amides is 1. The molecule has 35 heavy (non-hydrogen) atoms. The zero-order valence-electron chi connectivity index (χ0n) is 18.7. The van der Waals surface area contributed by atoms with Gasteiger partial charge >= 0.3 is 0 Å². The third kappa shape index (κ3) is 4.48. The quantitative estimate of drug-likeness (QED) is 0.538. The van der Waals surface area contributed by atoms with Gasteiger partial charge in [-0.3, -0.25) is 4.79 Å². The Hall–Kier alpha value is -3.11. The molecule has 0 aliphatic carbocycles. The molecule has 182 valence electrons. The molecule has 2 aliphatic rings. The molecule has 2 aromatic carbocycles. The predicted octanol–water partition coefficient (Wildman–Crippen LogP) is 5.11. The number of amidine groups is 1. The summed E-state index contributed by atoms with van der Waals surface area (Å²) in [5, 5.41) is 6.11. The summed E-state index contributed by atoms with van der Waals surface area (Å²) in [4.78, 5) is 17.5. The summed E-state index contributed by atoms with van der Waals surface area (Å²) in [5.41, 5.74) is -0.210. The van der Waals surface area contributed by atoms with Crippen LogP contribution in [-0.2, 0) is 10.3 Å². The second-order valence-electron chi connectivity index (χ2n) is 8.61. The van der Waals surface area contributed by atoms with Crippen molar-refractivity contribution < 1.29 is 27.2 Å². The summed E-state index contributed by atoms with van der Waals surface area (Å²) in [5.74, 6) is -2.01. The second-order valence-corrected chi connectivity index (χ2v) is 9.84. The molecule has 0 spiro atoms. The minimum absolute atomic E-state index is 0.0845. The Balaban J connectivity index is 1.56. The van der Waals surface area contributed by atoms with E-state index in [0.717, 1.165) is 23.9 Å². The van der Waals surface area contributed by atoms with Gasteiger partial charge in [-0.1, -0.05) is 41.2 Å². The summed E-state index contributed by atoms with van der Waals surface area (Å²) >= 11 is 1.09. The van der Waals surface area contributed by atoms with Crippen molar-refractivity contribution in [2.75, 3.05) is 13.3 Å². The van der Waals surface area contributed by atoms with Crippen LogP contribution in [0, 0.1) is 24.5 Å². The van der Waals surface area contributed by atoms with Crippen LogP contribution in [0.25, 0.3) is 0 Å². The molecule has 10 heteroatoms. The fourth-order valence-corrected chi connectivity index (χ4v) is 5.92. The van der Waals surface area contributed by atoms with Crippen LogP contribution in [0.15, 0.2) is 64.1 Å². The van der Waals surface area contributed by atoms with Gasteiger partial charge < -0.3 is 14.6 Å². The maximum atomic E-state index is 15.1. The van der Waals surface area contributed by atoms with E-state index in [1.54, 1.807) is 43.3 Å². The van der Waals surface area contributed by atoms with Crippen molar-refractivity contribution in [1.82, 2.24) is 10.5 Å². The number of thioether (sulfide) groups is 1. The van der Waals surface area contributed by atoms with Crippen molar-refractivity contribution in [1.29, 1.82) is 0 Å². The van der Waals surface area contributed by atoms with Crippen LogP contribution in [0.4, 0.5) is 13.2 Å². The first-order chi connectivity index (χ1) is 16.9. The highest BCUT2D eigenvalue weighted by Gasteiger charge is 2.54. The number of rotatable bonds is 4. The first-order valence-corrected chi connectivity index (χ1v) is 12.0. The van der Waals surface area contributed by atoms with E-state index < -0.39 is 47.0 Å². The number of ether oxygens (including phenoxy) is 1. The van der Waals surface area contributed by atoms with E-state index in [9.17, 15) is 13.6 Å². The number of aromatic nitrogens is 1. The molecule has 1 fully saturated rings. The molecule has 0 bridgehead atoms. The number of fused-ring (bicyclic) bond motifs is 1. The highest BCUT2D eigenvalue weighted by Crippen LogP contribution is 2.52. The number of hydrogen-bond acceptors (Lipinski definition) is 6. The van der Waals surface area contributed by atoms with Crippen molar-refractivity contribution in [2.24, 2.45) is 10.9 Å². The van der Waals surface area contributed by atoms with Crippen molar-refractivity contribution in [2.45, 2.75) is 30.2 Å². The number of nitrogens with zero attached hydrogens (tertiary/aromatic N) is 2. The summed E-state index contributed by atoms with van der Waals surface area (Å²) in [6, 6.07) is 13.5. The van der Waals surface area contributed by atoms with Gasteiger partial charge in [0.15, 0.2) is 10.9 Å². The minimum Gasteiger partial charge on any atom is -0.367 e. The van der Waals surface area contributed by atoms with Gasteiger partial charge in [-0.15, -0.1) is 0 Å². The molecule has 1 aromatic heterocycles. The number of nitrogens with one attached hydrogen (secondary N) is 1. The number of carbonyl (C=O) groups excluding carboxylic acids is 1. The molecular weight excluding hydrogens is 479 g/mol. The van der Waals surface area contributed by atoms with Gasteiger partial charge in [0.2, 0.25) is 0 Å². The van der Waals surface area contributed by atoms with E-state index in [1.807, 2.05) is 0 Å². The molecule has 2 aliphatic heterocycles. The molecule has 0 radical (unpaired) electrons. The van der Waals surface area contributed by atoms with Gasteiger partial charge in [-0.05, 0) is 31.5 Å². The molecule has 0 unspecified atom stereocenters. The van der Waals surface area contributed by atoms with Gasteiger partial charge in [-0.25, -0.2) is 18.2 Å². The zero-order valence-corrected chi connectivity index (χ0v) is 19.5. The average Bonchev–Trinajstić information content (AvgIpc) is 3.29. The first-order valence-electron chi connectivity index (χ1n) is 11.1. The number of hydrogen-bond donors (Lipinski definition) is 1. The predicted molar refractivity (Wildman–Crippen MR) is 125 cm³/mol. The fourth-order valence-electron chi connectivity index (χ4n) is 4.70. The van der Waals surface area contributed by atoms with Gasteiger partial charge in [0.25, 0.3) is 5.91 Å². The van der Waals surface area contributed by atoms with Gasteiger partial charge in [0.1, 0.15) is 30.0 Å². The van der Waals surface area contributed by atoms with E-state index >= 15 is 4.39 Å². The highest BCUT2D eigenvalue weighted by atomic mass is 32.2. The second kappa shape index (κ2) is 9.50. The fraction of sp³-hybridized carbons (Fsp3) is 0.320. The minimum atomic E-state index is -1.37. The summed E-state index contributed by atoms with van der Waals surface area (Å²) < 4.78 is 54.8. The SMILES string of the molecule is Cc1cc([C@H]2C[C@H]3[C@@H](CF)SC(NC(=O)c4ccccc4)=N[C@@]3(c3ccc(F)cc3F)CO2)on1. The molecule has 1 N–H and O–H groups in total. The molecule has 4 atom stereocenters. The molecule has 1 amide bonds. The lowest BCUT2D eigenvalue weighted by Crippen LogP contribution is -2.53. The topological polar surface area (TPSA) is 76.7 Å². The molecule has 5 rings (SSSR count). The van der Waals surface area contributed by atoms with E-state index in [2.05, 4.69) is 10.5 Å². The summed E-state index contributed by atoms with van der Waals surface area (Å²) in [7, 11) is 0. The number of halogens is 3. The number of alkyl halides is 1. The van der Waals surface area contributed by atoms with Crippen molar-refractivity contribution in [3.05, 3.63) is 88.8 Å². The Morgan fingerprint density at radius 3 is 2.69 bits per heavy atom. The van der Waals surface area contributed by atoms with Crippen LogP contribution in [-0.4, -0.2) is 34.8 Å². The van der Waals surface area contributed by atoms with Gasteiger partial charge in [-0.2, -0.15) is 0 Å². The number of benzene rings is 2. The molecule has 0 saturated carbocycles. The molecule has 1 saturated heterocycles. The Bertz CT molecular complexity index is 1270. The highest BCUT2D eigenvalue weighted by molar-refractivity contribution is 8.14. The summed E-state index contributed by atoms with van der Waals surface area (Å²) in [6.45, 7) is 0.912. The largest absolute Gasteiger partial charge is 0.367 e. The van der Waals surface area contributed by atoms with E-state index in [1.165, 1.54) is 6.07 Å². The van der Waals surface area contributed by atoms with E-state index in [4.69, 9.17) is 14.3 Å². The first kappa shape index (κ1) is 23.6. The summed E-state index contributed by atoms with van der Waals surface area (Å²) in [6.07, 6.45) is -0.251. The van der Waals surface area contributed by atoms with Crippen LogP contribution in [0.1, 0.15) is 39.9 Å². The normalized spacial score (nSPS) is 26.1. The molecular formula is C25H22F3N3O3S. The van der Waals surface area contributed by atoms with Crippen molar-refractivity contribution in [3.63, 3.8) is 0 Å². The third-order valence-electron chi connectivity index (χ3n) is 6.37. The lowest BCUT2D eigenvalue weighted by Gasteiger charge is -2.48. The van der Waals surface area contributed by atoms with Crippen molar-refractivity contribution in [3.8, 4) is 0 Å². The molecule has 3 aromatic rings. The Morgan fingerprint density at radius 1 is 1.20 bits per heavy atom. The average molecular weight is 502 g/mol. The van der Waals surface area contributed by atoms with E-state index in [-0.39, 0.29) is 23.8 Å². The van der Waals surface area contributed by atoms with Crippen LogP contribution < -0.4 is 5.32 Å². The monoisotopic (exact) mass is 501 g/mol. The Kier molecular flexibility index (Phi) is 6.41. The number of aryl methyl sites for hydroxylation is 1. The smallest absolute Gasteiger partial charge is 0.257 e. The van der Waals surface area contributed by atoms with Crippen LogP contribution in [0.2, 0.25) is 0 Å². The van der Waals surface area contributed by atoms with Crippen molar-refractivity contribution >= 4 is 22.8 Å². The lowest BCUT2D eigenvalue weighted by molar-refractivity contribution is -0.0764. The zero-order chi connectivity index (χ0) is 24.6.